The summed E-state index contributed by atoms with van der Waals surface area (Å²) in [6, 6.07) is 15.1. The zero-order valence-corrected chi connectivity index (χ0v) is 18.6. The number of nitrogens with zero attached hydrogens (tertiary/aromatic N) is 2. The third-order valence-electron chi connectivity index (χ3n) is 6.14. The van der Waals surface area contributed by atoms with Crippen LogP contribution in [0.4, 0.5) is 4.39 Å². The number of nitrogens with one attached hydrogen (secondary N) is 1. The SMILES string of the molecule is COc1ccc(C2(CNC(=O)c3nn(-c4ccccc4F)c(C)cc3=O)CCOCC2)cc1. The highest BCUT2D eigenvalue weighted by atomic mass is 19.1. The molecule has 0 unspecified atom stereocenters. The van der Waals surface area contributed by atoms with Gasteiger partial charge in [0.25, 0.3) is 5.91 Å². The molecule has 33 heavy (non-hydrogen) atoms. The smallest absolute Gasteiger partial charge is 0.275 e. The summed E-state index contributed by atoms with van der Waals surface area (Å²) in [5.41, 5.74) is 0.537. The zero-order chi connectivity index (χ0) is 23.4. The molecule has 1 aromatic heterocycles. The highest BCUT2D eigenvalue weighted by Crippen LogP contribution is 2.35. The summed E-state index contributed by atoms with van der Waals surface area (Å²) in [6.45, 7) is 3.11. The highest BCUT2D eigenvalue weighted by molar-refractivity contribution is 5.92. The summed E-state index contributed by atoms with van der Waals surface area (Å²) in [5, 5.41) is 7.09. The molecule has 8 heteroatoms. The Balaban J connectivity index is 1.61. The number of amides is 1. The Morgan fingerprint density at radius 3 is 2.55 bits per heavy atom. The van der Waals surface area contributed by atoms with E-state index in [2.05, 4.69) is 10.4 Å². The quantitative estimate of drug-likeness (QED) is 0.623. The van der Waals surface area contributed by atoms with Crippen LogP contribution in [-0.2, 0) is 10.2 Å². The molecule has 1 N–H and O–H groups in total. The first-order chi connectivity index (χ1) is 15.9. The first kappa shape index (κ1) is 22.7. The maximum absolute atomic E-state index is 14.3. The molecule has 3 aromatic rings. The van der Waals surface area contributed by atoms with Gasteiger partial charge >= 0.3 is 0 Å². The number of carbonyl (C=O) groups is 1. The number of rotatable bonds is 6. The molecule has 0 radical (unpaired) electrons. The maximum Gasteiger partial charge on any atom is 0.275 e. The minimum atomic E-state index is -0.593. The summed E-state index contributed by atoms with van der Waals surface area (Å²) in [5.74, 6) is -0.337. The second kappa shape index (κ2) is 9.54. The van der Waals surface area contributed by atoms with Crippen molar-refractivity contribution >= 4 is 5.91 Å². The minimum absolute atomic E-state index is 0.170. The molecule has 1 fully saturated rings. The minimum Gasteiger partial charge on any atom is -0.497 e. The van der Waals surface area contributed by atoms with Gasteiger partial charge in [0.05, 0.1) is 7.11 Å². The number of aromatic nitrogens is 2. The van der Waals surface area contributed by atoms with Gasteiger partial charge in [0.2, 0.25) is 5.43 Å². The van der Waals surface area contributed by atoms with Gasteiger partial charge < -0.3 is 14.8 Å². The van der Waals surface area contributed by atoms with Gasteiger partial charge in [0.15, 0.2) is 5.69 Å². The number of hydrogen-bond acceptors (Lipinski definition) is 5. The molecule has 1 aliphatic heterocycles. The Kier molecular flexibility index (Phi) is 6.55. The number of carbonyl (C=O) groups excluding carboxylic acids is 1. The standard InChI is InChI=1S/C25H26FN3O4/c1-17-15-22(30)23(28-29(17)21-6-4-3-5-20(21)26)24(31)27-16-25(11-13-33-14-12-25)18-7-9-19(32-2)10-8-18/h3-10,15H,11-14,16H2,1-2H3,(H,27,31). The number of aryl methyl sites for hydroxylation is 1. The number of para-hydroxylation sites is 1. The maximum atomic E-state index is 14.3. The molecule has 0 saturated carbocycles. The van der Waals surface area contributed by atoms with Crippen molar-refractivity contribution in [1.29, 1.82) is 0 Å². The van der Waals surface area contributed by atoms with Crippen LogP contribution in [0.25, 0.3) is 5.69 Å². The molecular formula is C25H26FN3O4. The molecule has 1 aliphatic rings. The fraction of sp³-hybridized carbons (Fsp3) is 0.320. The van der Waals surface area contributed by atoms with E-state index in [0.717, 1.165) is 24.2 Å². The summed E-state index contributed by atoms with van der Waals surface area (Å²) in [4.78, 5) is 25.6. The van der Waals surface area contributed by atoms with Crippen molar-refractivity contribution in [3.8, 4) is 11.4 Å². The van der Waals surface area contributed by atoms with Crippen molar-refractivity contribution in [3.63, 3.8) is 0 Å². The third kappa shape index (κ3) is 4.66. The average molecular weight is 451 g/mol. The second-order valence-electron chi connectivity index (χ2n) is 8.17. The van der Waals surface area contributed by atoms with Crippen molar-refractivity contribution in [2.24, 2.45) is 0 Å². The van der Waals surface area contributed by atoms with Crippen LogP contribution < -0.4 is 15.5 Å². The number of hydrogen-bond donors (Lipinski definition) is 1. The first-order valence-corrected chi connectivity index (χ1v) is 10.8. The molecule has 0 atom stereocenters. The summed E-state index contributed by atoms with van der Waals surface area (Å²) in [6.07, 6.45) is 1.45. The average Bonchev–Trinajstić information content (AvgIpc) is 2.84. The molecule has 0 spiro atoms. The largest absolute Gasteiger partial charge is 0.497 e. The van der Waals surface area contributed by atoms with E-state index in [4.69, 9.17) is 9.47 Å². The normalized spacial score (nSPS) is 15.1. The second-order valence-corrected chi connectivity index (χ2v) is 8.17. The highest BCUT2D eigenvalue weighted by Gasteiger charge is 2.35. The molecular weight excluding hydrogens is 425 g/mol. The van der Waals surface area contributed by atoms with Crippen molar-refractivity contribution < 1.29 is 18.7 Å². The number of halogens is 1. The van der Waals surface area contributed by atoms with Crippen LogP contribution in [-0.4, -0.2) is 42.6 Å². The summed E-state index contributed by atoms with van der Waals surface area (Å²) < 4.78 is 26.4. The van der Waals surface area contributed by atoms with E-state index in [9.17, 15) is 14.0 Å². The molecule has 4 rings (SSSR count). The van der Waals surface area contributed by atoms with Crippen molar-refractivity contribution in [1.82, 2.24) is 15.1 Å². The number of benzene rings is 2. The molecule has 0 bridgehead atoms. The van der Waals surface area contributed by atoms with Gasteiger partial charge in [-0.2, -0.15) is 5.10 Å². The van der Waals surface area contributed by atoms with Gasteiger partial charge in [-0.25, -0.2) is 9.07 Å². The topological polar surface area (TPSA) is 82.5 Å². The van der Waals surface area contributed by atoms with Crippen LogP contribution in [0.15, 0.2) is 59.4 Å². The van der Waals surface area contributed by atoms with Gasteiger partial charge in [-0.15, -0.1) is 0 Å². The van der Waals surface area contributed by atoms with E-state index in [1.807, 2.05) is 24.3 Å². The van der Waals surface area contributed by atoms with Gasteiger partial charge in [-0.1, -0.05) is 24.3 Å². The lowest BCUT2D eigenvalue weighted by Crippen LogP contribution is -2.45. The Morgan fingerprint density at radius 2 is 1.88 bits per heavy atom. The van der Waals surface area contributed by atoms with Crippen molar-refractivity contribution in [2.45, 2.75) is 25.2 Å². The third-order valence-corrected chi connectivity index (χ3v) is 6.14. The van der Waals surface area contributed by atoms with Gasteiger partial charge in [-0.3, -0.25) is 9.59 Å². The zero-order valence-electron chi connectivity index (χ0n) is 18.6. The Morgan fingerprint density at radius 1 is 1.18 bits per heavy atom. The van der Waals surface area contributed by atoms with Crippen LogP contribution in [0.2, 0.25) is 0 Å². The molecule has 7 nitrogen and oxygen atoms in total. The Hall–Kier alpha value is -3.52. The monoisotopic (exact) mass is 451 g/mol. The van der Waals surface area contributed by atoms with E-state index in [1.54, 1.807) is 32.2 Å². The number of ether oxygens (including phenoxy) is 2. The lowest BCUT2D eigenvalue weighted by Gasteiger charge is -2.38. The van der Waals surface area contributed by atoms with E-state index >= 15 is 0 Å². The summed E-state index contributed by atoms with van der Waals surface area (Å²) >= 11 is 0. The van der Waals surface area contributed by atoms with Crippen LogP contribution in [0.1, 0.15) is 34.6 Å². The van der Waals surface area contributed by atoms with Crippen LogP contribution in [0.5, 0.6) is 5.75 Å². The first-order valence-electron chi connectivity index (χ1n) is 10.8. The van der Waals surface area contributed by atoms with E-state index in [1.165, 1.54) is 16.8 Å². The molecule has 1 saturated heterocycles. The molecule has 2 aromatic carbocycles. The van der Waals surface area contributed by atoms with Crippen LogP contribution in [0, 0.1) is 12.7 Å². The predicted molar refractivity (Wildman–Crippen MR) is 122 cm³/mol. The molecule has 172 valence electrons. The van der Waals surface area contributed by atoms with Gasteiger partial charge in [0.1, 0.15) is 17.3 Å². The van der Waals surface area contributed by atoms with E-state index in [-0.39, 0.29) is 16.8 Å². The fourth-order valence-electron chi connectivity index (χ4n) is 4.18. The van der Waals surface area contributed by atoms with Crippen molar-refractivity contribution in [2.75, 3.05) is 26.9 Å². The van der Waals surface area contributed by atoms with Crippen LogP contribution in [0.3, 0.4) is 0 Å². The van der Waals surface area contributed by atoms with E-state index < -0.39 is 17.2 Å². The Bertz CT molecular complexity index is 1200. The van der Waals surface area contributed by atoms with E-state index in [0.29, 0.717) is 25.5 Å². The molecule has 2 heterocycles. The van der Waals surface area contributed by atoms with Crippen LogP contribution >= 0.6 is 0 Å². The van der Waals surface area contributed by atoms with Gasteiger partial charge in [0, 0.05) is 36.9 Å². The van der Waals surface area contributed by atoms with Gasteiger partial charge in [-0.05, 0) is 49.6 Å². The predicted octanol–water partition coefficient (Wildman–Crippen LogP) is 3.17. The fourth-order valence-corrected chi connectivity index (χ4v) is 4.18. The lowest BCUT2D eigenvalue weighted by atomic mass is 9.74. The molecule has 0 aliphatic carbocycles. The van der Waals surface area contributed by atoms with Crippen molar-refractivity contribution in [3.05, 3.63) is 87.6 Å². The Labute approximate surface area is 191 Å². The summed E-state index contributed by atoms with van der Waals surface area (Å²) in [7, 11) is 1.61. The number of methoxy groups -OCH3 is 1. The molecule has 1 amide bonds. The lowest BCUT2D eigenvalue weighted by molar-refractivity contribution is 0.0486.